The van der Waals surface area contributed by atoms with Crippen molar-refractivity contribution in [1.82, 2.24) is 10.2 Å². The number of halogens is 1. The molecular weight excluding hydrogens is 813 g/mol. The zero-order valence-electron chi connectivity index (χ0n) is 33.7. The van der Waals surface area contributed by atoms with Crippen LogP contribution in [0.2, 0.25) is 18.6 Å². The number of carbonyl (C=O) groups is 3. The predicted molar refractivity (Wildman–Crippen MR) is 232 cm³/mol. The highest BCUT2D eigenvalue weighted by molar-refractivity contribution is 9.10. The van der Waals surface area contributed by atoms with E-state index < -0.39 is 19.8 Å². The molecule has 4 heterocycles. The number of nitrogens with zero attached hydrogens (tertiary/aromatic N) is 2. The molecule has 4 aromatic carbocycles. The summed E-state index contributed by atoms with van der Waals surface area (Å²) in [6.07, 6.45) is 1.91. The number of amides is 3. The fourth-order valence-corrected chi connectivity index (χ4v) is 14.6. The van der Waals surface area contributed by atoms with Gasteiger partial charge in [-0.1, -0.05) is 89.7 Å². The first-order valence-corrected chi connectivity index (χ1v) is 24.3. The number of hydrogen-bond donors (Lipinski definition) is 3. The number of benzene rings is 4. The van der Waals surface area contributed by atoms with E-state index >= 15 is 4.79 Å². The van der Waals surface area contributed by atoms with Crippen molar-refractivity contribution >= 4 is 58.3 Å². The molecule has 4 aromatic rings. The maximum absolute atomic E-state index is 15.4. The highest BCUT2D eigenvalue weighted by atomic mass is 79.9. The standard InChI is InChI=1S/C46H53BrN4O6Si/c1-29-43(58(3,4)38-17-15-37(56-2)16-18-38)41(24-42(53)50-27-33-11-6-5-10-31(33)22-36(50)28-52)57-46(29)39-23-34(47)14-19-40(39)51(45(46)55)26-30-9-7-13-35(21-30)49-44(54)32-12-8-20-48-25-32/h5-7,9-11,13-19,21,23,29,32,36,41,43,48,52H,8,12,20,22,24-28H2,1-4H3,(H,49,54)/t29-,32?,36-,41+,43-,46+/m0/s1. The van der Waals surface area contributed by atoms with E-state index in [1.165, 1.54) is 5.19 Å². The first-order chi connectivity index (χ1) is 27.9. The number of hydrogen-bond acceptors (Lipinski definition) is 7. The third-order valence-corrected chi connectivity index (χ3v) is 18.1. The van der Waals surface area contributed by atoms with E-state index in [4.69, 9.17) is 9.47 Å². The summed E-state index contributed by atoms with van der Waals surface area (Å²) in [5, 5.41) is 18.1. The second-order valence-corrected chi connectivity index (χ2v) is 22.6. The van der Waals surface area contributed by atoms with Crippen molar-refractivity contribution in [2.24, 2.45) is 11.8 Å². The Bertz CT molecular complexity index is 2190. The molecule has 8 rings (SSSR count). The third-order valence-electron chi connectivity index (χ3n) is 13.3. The van der Waals surface area contributed by atoms with Crippen molar-refractivity contribution in [1.29, 1.82) is 0 Å². The number of carbonyl (C=O) groups excluding carboxylic acids is 3. The second kappa shape index (κ2) is 16.4. The number of fused-ring (bicyclic) bond motifs is 3. The van der Waals surface area contributed by atoms with Gasteiger partial charge in [-0.25, -0.2) is 0 Å². The van der Waals surface area contributed by atoms with Crippen LogP contribution in [0.5, 0.6) is 5.75 Å². The molecule has 4 aliphatic rings. The summed E-state index contributed by atoms with van der Waals surface area (Å²) in [5.41, 5.74) is 3.86. The molecule has 3 amide bonds. The number of piperidine rings is 1. The summed E-state index contributed by atoms with van der Waals surface area (Å²) in [4.78, 5) is 46.8. The topological polar surface area (TPSA) is 120 Å². The predicted octanol–water partition coefficient (Wildman–Crippen LogP) is 6.49. The lowest BCUT2D eigenvalue weighted by atomic mass is 9.82. The lowest BCUT2D eigenvalue weighted by molar-refractivity contribution is -0.151. The van der Waals surface area contributed by atoms with Crippen LogP contribution in [0.4, 0.5) is 11.4 Å². The molecular formula is C46H53BrN4O6Si. The smallest absolute Gasteiger partial charge is 0.264 e. The molecule has 6 atom stereocenters. The van der Waals surface area contributed by atoms with Gasteiger partial charge < -0.3 is 35.0 Å². The summed E-state index contributed by atoms with van der Waals surface area (Å²) in [6, 6.07) is 29.6. The molecule has 12 heteroatoms. The van der Waals surface area contributed by atoms with Crippen LogP contribution in [-0.4, -0.2) is 74.8 Å². The zero-order chi connectivity index (χ0) is 40.8. The summed E-state index contributed by atoms with van der Waals surface area (Å²) >= 11 is 3.71. The van der Waals surface area contributed by atoms with Crippen LogP contribution in [0.25, 0.3) is 0 Å². The molecule has 58 heavy (non-hydrogen) atoms. The second-order valence-electron chi connectivity index (χ2n) is 17.0. The normalized spacial score (nSPS) is 25.4. The van der Waals surface area contributed by atoms with E-state index in [0.717, 1.165) is 57.5 Å². The number of methoxy groups -OCH3 is 1. The van der Waals surface area contributed by atoms with Gasteiger partial charge in [-0.15, -0.1) is 0 Å². The molecule has 304 valence electrons. The van der Waals surface area contributed by atoms with Gasteiger partial charge in [0.05, 0.1) is 58.5 Å². The highest BCUT2D eigenvalue weighted by Gasteiger charge is 2.66. The number of ether oxygens (including phenoxy) is 2. The maximum Gasteiger partial charge on any atom is 0.264 e. The Kier molecular flexibility index (Phi) is 11.4. The van der Waals surface area contributed by atoms with Gasteiger partial charge in [-0.2, -0.15) is 0 Å². The number of rotatable bonds is 10. The fourth-order valence-electron chi connectivity index (χ4n) is 10.2. The van der Waals surface area contributed by atoms with E-state index in [-0.39, 0.29) is 60.7 Å². The molecule has 1 unspecified atom stereocenters. The minimum atomic E-state index is -2.53. The number of nitrogens with one attached hydrogen (secondary N) is 2. The summed E-state index contributed by atoms with van der Waals surface area (Å²) in [7, 11) is -0.871. The van der Waals surface area contributed by atoms with E-state index in [2.05, 4.69) is 64.8 Å². The van der Waals surface area contributed by atoms with Gasteiger partial charge in [-0.05, 0) is 90.5 Å². The summed E-state index contributed by atoms with van der Waals surface area (Å²) < 4.78 is 13.7. The van der Waals surface area contributed by atoms with Gasteiger partial charge in [0, 0.05) is 34.7 Å². The van der Waals surface area contributed by atoms with Crippen molar-refractivity contribution in [3.63, 3.8) is 0 Å². The van der Waals surface area contributed by atoms with Gasteiger partial charge >= 0.3 is 0 Å². The average Bonchev–Trinajstić information content (AvgIpc) is 3.66. The Morgan fingerprint density at radius 1 is 1.03 bits per heavy atom. The van der Waals surface area contributed by atoms with Crippen LogP contribution in [0.1, 0.15) is 48.4 Å². The highest BCUT2D eigenvalue weighted by Crippen LogP contribution is 2.60. The lowest BCUT2D eigenvalue weighted by Crippen LogP contribution is -2.52. The lowest BCUT2D eigenvalue weighted by Gasteiger charge is -2.39. The number of anilines is 2. The maximum atomic E-state index is 15.4. The van der Waals surface area contributed by atoms with Crippen molar-refractivity contribution in [2.75, 3.05) is 37.0 Å². The monoisotopic (exact) mass is 864 g/mol. The van der Waals surface area contributed by atoms with E-state index in [1.807, 2.05) is 82.6 Å². The van der Waals surface area contributed by atoms with Gasteiger partial charge in [0.2, 0.25) is 11.8 Å². The Hall–Kier alpha value is -4.33. The van der Waals surface area contributed by atoms with Gasteiger partial charge in [0.25, 0.3) is 5.91 Å². The van der Waals surface area contributed by atoms with Crippen molar-refractivity contribution in [2.45, 2.75) is 82.1 Å². The number of aliphatic hydroxyl groups is 1. The zero-order valence-corrected chi connectivity index (χ0v) is 36.3. The van der Waals surface area contributed by atoms with Gasteiger partial charge in [0.1, 0.15) is 5.75 Å². The molecule has 0 aliphatic carbocycles. The molecule has 0 bridgehead atoms. The Balaban J connectivity index is 1.14. The molecule has 2 fully saturated rings. The quantitative estimate of drug-likeness (QED) is 0.156. The first-order valence-electron chi connectivity index (χ1n) is 20.5. The van der Waals surface area contributed by atoms with Crippen LogP contribution in [0.15, 0.2) is 95.5 Å². The molecule has 0 aromatic heterocycles. The van der Waals surface area contributed by atoms with E-state index in [1.54, 1.807) is 7.11 Å². The largest absolute Gasteiger partial charge is 0.497 e. The Morgan fingerprint density at radius 2 is 1.81 bits per heavy atom. The Morgan fingerprint density at radius 3 is 2.53 bits per heavy atom. The Labute approximate surface area is 350 Å². The summed E-state index contributed by atoms with van der Waals surface area (Å²) in [6.45, 7) is 8.90. The van der Waals surface area contributed by atoms with Gasteiger partial charge in [-0.3, -0.25) is 14.4 Å². The molecule has 10 nitrogen and oxygen atoms in total. The van der Waals surface area contributed by atoms with Gasteiger partial charge in [0.15, 0.2) is 5.60 Å². The van der Waals surface area contributed by atoms with Crippen molar-refractivity contribution < 1.29 is 29.0 Å². The van der Waals surface area contributed by atoms with Crippen molar-refractivity contribution in [3.05, 3.63) is 118 Å². The average molecular weight is 866 g/mol. The molecule has 4 aliphatic heterocycles. The minimum Gasteiger partial charge on any atom is -0.497 e. The molecule has 0 radical (unpaired) electrons. The molecule has 0 saturated carbocycles. The van der Waals surface area contributed by atoms with Crippen LogP contribution in [0, 0.1) is 11.8 Å². The fraction of sp³-hybridized carbons (Fsp3) is 0.413. The number of aliphatic hydroxyl groups excluding tert-OH is 1. The van der Waals surface area contributed by atoms with Crippen molar-refractivity contribution in [3.8, 4) is 5.75 Å². The van der Waals surface area contributed by atoms with Crippen LogP contribution in [-0.2, 0) is 44.2 Å². The molecule has 1 spiro atoms. The third kappa shape index (κ3) is 7.31. The minimum absolute atomic E-state index is 0.00160. The van der Waals surface area contributed by atoms with E-state index in [0.29, 0.717) is 25.2 Å². The van der Waals surface area contributed by atoms with Crippen LogP contribution >= 0.6 is 15.9 Å². The van der Waals surface area contributed by atoms with E-state index in [9.17, 15) is 14.7 Å². The SMILES string of the molecule is COc1ccc([Si](C)(C)[C@@H]2[C@@H](CC(=O)N3Cc4ccccc4C[C@H]3CO)O[C@]3(C(=O)N(Cc4cccc(NC(=O)C5CCCNC5)c4)c4ccc(Br)cc43)[C@H]2C)cc1. The van der Waals surface area contributed by atoms with Crippen LogP contribution in [0.3, 0.4) is 0 Å². The molecule has 3 N–H and O–H groups in total. The first kappa shape index (κ1) is 40.4. The summed E-state index contributed by atoms with van der Waals surface area (Å²) in [5.74, 6) is 0.135. The molecule has 2 saturated heterocycles. The van der Waals surface area contributed by atoms with Crippen LogP contribution < -0.4 is 25.5 Å².